The van der Waals surface area contributed by atoms with Crippen molar-refractivity contribution in [2.24, 2.45) is 11.7 Å². The fraction of sp³-hybridized carbons (Fsp3) is 0.769. The summed E-state index contributed by atoms with van der Waals surface area (Å²) in [5, 5.41) is -0.849. The van der Waals surface area contributed by atoms with Crippen molar-refractivity contribution < 1.29 is 17.9 Å². The SMILES string of the molecule is COC1(C(N)c2cnc(C(F)(F)F)s2)CCCC(C)C1. The highest BCUT2D eigenvalue weighted by atomic mass is 32.1. The number of aromatic nitrogens is 1. The summed E-state index contributed by atoms with van der Waals surface area (Å²) in [6.45, 7) is 2.12. The molecule has 3 atom stereocenters. The first-order valence-electron chi connectivity index (χ1n) is 6.62. The van der Waals surface area contributed by atoms with Gasteiger partial charge in [-0.05, 0) is 18.8 Å². The molecule has 2 rings (SSSR count). The molecule has 1 saturated carbocycles. The number of rotatable bonds is 3. The van der Waals surface area contributed by atoms with Crippen LogP contribution in [0.1, 0.15) is 48.5 Å². The first kappa shape index (κ1) is 15.7. The van der Waals surface area contributed by atoms with E-state index in [1.165, 1.54) is 6.20 Å². The van der Waals surface area contributed by atoms with Gasteiger partial charge >= 0.3 is 6.18 Å². The number of alkyl halides is 3. The Morgan fingerprint density at radius 3 is 2.75 bits per heavy atom. The van der Waals surface area contributed by atoms with Crippen LogP contribution in [0.15, 0.2) is 6.20 Å². The normalized spacial score (nSPS) is 29.4. The number of hydrogen-bond acceptors (Lipinski definition) is 4. The Labute approximate surface area is 120 Å². The van der Waals surface area contributed by atoms with E-state index in [1.54, 1.807) is 7.11 Å². The average molecular weight is 308 g/mol. The van der Waals surface area contributed by atoms with Crippen molar-refractivity contribution in [3.05, 3.63) is 16.1 Å². The summed E-state index contributed by atoms with van der Waals surface area (Å²) in [6.07, 6.45) is 0.445. The maximum Gasteiger partial charge on any atom is 0.443 e. The van der Waals surface area contributed by atoms with E-state index in [0.29, 0.717) is 22.1 Å². The largest absolute Gasteiger partial charge is 0.443 e. The van der Waals surface area contributed by atoms with Gasteiger partial charge in [-0.3, -0.25) is 0 Å². The monoisotopic (exact) mass is 308 g/mol. The smallest absolute Gasteiger partial charge is 0.376 e. The van der Waals surface area contributed by atoms with Crippen LogP contribution in [0.3, 0.4) is 0 Å². The molecule has 20 heavy (non-hydrogen) atoms. The minimum atomic E-state index is -4.41. The Bertz CT molecular complexity index is 463. The summed E-state index contributed by atoms with van der Waals surface area (Å²) in [7, 11) is 1.59. The van der Waals surface area contributed by atoms with E-state index in [0.717, 1.165) is 25.7 Å². The molecule has 3 unspecified atom stereocenters. The van der Waals surface area contributed by atoms with Crippen LogP contribution >= 0.6 is 11.3 Å². The Kier molecular flexibility index (Phi) is 4.41. The van der Waals surface area contributed by atoms with Gasteiger partial charge in [-0.15, -0.1) is 11.3 Å². The van der Waals surface area contributed by atoms with Gasteiger partial charge in [-0.25, -0.2) is 4.98 Å². The van der Waals surface area contributed by atoms with Crippen LogP contribution in [0, 0.1) is 5.92 Å². The summed E-state index contributed by atoms with van der Waals surface area (Å²) < 4.78 is 43.5. The molecule has 1 aromatic heterocycles. The highest BCUT2D eigenvalue weighted by molar-refractivity contribution is 7.11. The van der Waals surface area contributed by atoms with Crippen LogP contribution in [0.2, 0.25) is 0 Å². The standard InChI is InChI=1S/C13H19F3N2OS/c1-8-4-3-5-12(6-8,19-2)10(17)9-7-18-11(20-9)13(14,15)16/h7-8,10H,3-6,17H2,1-2H3. The topological polar surface area (TPSA) is 48.1 Å². The molecule has 0 spiro atoms. The minimum absolute atomic E-state index is 0.438. The fourth-order valence-electron chi connectivity index (χ4n) is 2.96. The lowest BCUT2D eigenvalue weighted by molar-refractivity contribution is -0.137. The molecule has 2 N–H and O–H groups in total. The van der Waals surface area contributed by atoms with Crippen molar-refractivity contribution in [2.45, 2.75) is 50.4 Å². The van der Waals surface area contributed by atoms with E-state index in [2.05, 4.69) is 11.9 Å². The zero-order valence-corrected chi connectivity index (χ0v) is 12.4. The quantitative estimate of drug-likeness (QED) is 0.925. The van der Waals surface area contributed by atoms with Crippen LogP contribution in [0.5, 0.6) is 0 Å². The molecular formula is C13H19F3N2OS. The minimum Gasteiger partial charge on any atom is -0.376 e. The molecule has 0 saturated heterocycles. The van der Waals surface area contributed by atoms with Crippen molar-refractivity contribution in [1.82, 2.24) is 4.98 Å². The Hall–Kier alpha value is -0.660. The average Bonchev–Trinajstić information content (AvgIpc) is 2.87. The van der Waals surface area contributed by atoms with Crippen LogP contribution in [0.25, 0.3) is 0 Å². The Morgan fingerprint density at radius 1 is 1.55 bits per heavy atom. The highest BCUT2D eigenvalue weighted by Crippen LogP contribution is 2.44. The second-order valence-corrected chi connectivity index (χ2v) is 6.58. The summed E-state index contributed by atoms with van der Waals surface area (Å²) in [5.74, 6) is 0.463. The van der Waals surface area contributed by atoms with E-state index in [1.807, 2.05) is 0 Å². The lowest BCUT2D eigenvalue weighted by Gasteiger charge is -2.42. The molecule has 0 radical (unpaired) electrons. The number of ether oxygens (including phenoxy) is 1. The van der Waals surface area contributed by atoms with Crippen molar-refractivity contribution in [1.29, 1.82) is 0 Å². The Morgan fingerprint density at radius 2 is 2.25 bits per heavy atom. The van der Waals surface area contributed by atoms with Crippen molar-refractivity contribution in [3.63, 3.8) is 0 Å². The van der Waals surface area contributed by atoms with Crippen molar-refractivity contribution in [3.8, 4) is 0 Å². The molecule has 0 bridgehead atoms. The number of nitrogens with zero attached hydrogens (tertiary/aromatic N) is 1. The van der Waals surface area contributed by atoms with Crippen LogP contribution in [0.4, 0.5) is 13.2 Å². The molecule has 0 aliphatic heterocycles. The predicted molar refractivity (Wildman–Crippen MR) is 71.4 cm³/mol. The van der Waals surface area contributed by atoms with Gasteiger partial charge in [0.25, 0.3) is 0 Å². The van der Waals surface area contributed by atoms with Gasteiger partial charge in [0, 0.05) is 18.2 Å². The predicted octanol–water partition coefficient (Wildman–Crippen LogP) is 3.76. The van der Waals surface area contributed by atoms with Gasteiger partial charge in [0.1, 0.15) is 0 Å². The third kappa shape index (κ3) is 2.99. The number of thiazole rings is 1. The third-order valence-electron chi connectivity index (χ3n) is 4.04. The molecule has 1 aliphatic carbocycles. The second-order valence-electron chi connectivity index (χ2n) is 5.51. The van der Waals surface area contributed by atoms with Gasteiger partial charge < -0.3 is 10.5 Å². The zero-order chi connectivity index (χ0) is 15.0. The number of nitrogens with two attached hydrogens (primary N) is 1. The maximum absolute atomic E-state index is 12.6. The molecule has 0 aromatic carbocycles. The molecule has 7 heteroatoms. The van der Waals surface area contributed by atoms with E-state index < -0.39 is 22.8 Å². The molecular weight excluding hydrogens is 289 g/mol. The van der Waals surface area contributed by atoms with Crippen molar-refractivity contribution >= 4 is 11.3 Å². The van der Waals surface area contributed by atoms with Crippen molar-refractivity contribution in [2.75, 3.05) is 7.11 Å². The van der Waals surface area contributed by atoms with Gasteiger partial charge in [0.2, 0.25) is 0 Å². The number of hydrogen-bond donors (Lipinski definition) is 1. The molecule has 1 heterocycles. The molecule has 3 nitrogen and oxygen atoms in total. The van der Waals surface area contributed by atoms with Crippen LogP contribution in [-0.4, -0.2) is 17.7 Å². The molecule has 114 valence electrons. The molecule has 0 amide bonds. The molecule has 1 fully saturated rings. The fourth-order valence-corrected chi connectivity index (χ4v) is 3.85. The number of halogens is 3. The first-order chi connectivity index (χ1) is 9.28. The van der Waals surface area contributed by atoms with Crippen LogP contribution < -0.4 is 5.73 Å². The Balaban J connectivity index is 2.24. The van der Waals surface area contributed by atoms with Gasteiger partial charge in [-0.2, -0.15) is 13.2 Å². The van der Waals surface area contributed by atoms with E-state index in [4.69, 9.17) is 10.5 Å². The summed E-state index contributed by atoms with van der Waals surface area (Å²) in [6, 6.07) is -0.566. The van der Waals surface area contributed by atoms with Gasteiger partial charge in [0.15, 0.2) is 5.01 Å². The lowest BCUT2D eigenvalue weighted by atomic mass is 9.74. The lowest BCUT2D eigenvalue weighted by Crippen LogP contribution is -2.46. The van der Waals surface area contributed by atoms with E-state index in [9.17, 15) is 13.2 Å². The van der Waals surface area contributed by atoms with Gasteiger partial charge in [-0.1, -0.05) is 19.8 Å². The molecule has 1 aliphatic rings. The first-order valence-corrected chi connectivity index (χ1v) is 7.44. The summed E-state index contributed by atoms with van der Waals surface area (Å²) in [5.41, 5.74) is 5.64. The highest BCUT2D eigenvalue weighted by Gasteiger charge is 2.43. The zero-order valence-electron chi connectivity index (χ0n) is 11.5. The van der Waals surface area contributed by atoms with E-state index in [-0.39, 0.29) is 0 Å². The van der Waals surface area contributed by atoms with Crippen LogP contribution in [-0.2, 0) is 10.9 Å². The summed E-state index contributed by atoms with van der Waals surface area (Å²) in [4.78, 5) is 3.88. The second kappa shape index (κ2) is 5.61. The number of methoxy groups -OCH3 is 1. The summed E-state index contributed by atoms with van der Waals surface area (Å²) >= 11 is 0.616. The van der Waals surface area contributed by atoms with E-state index >= 15 is 0 Å². The molecule has 1 aromatic rings. The third-order valence-corrected chi connectivity index (χ3v) is 5.16. The maximum atomic E-state index is 12.6. The van der Waals surface area contributed by atoms with Gasteiger partial charge in [0.05, 0.1) is 11.6 Å².